The van der Waals surface area contributed by atoms with Gasteiger partial charge in [0.25, 0.3) is 0 Å². The molecular weight excluding hydrogens is 615 g/mol. The van der Waals surface area contributed by atoms with Gasteiger partial charge in [0.05, 0.1) is 0 Å². The van der Waals surface area contributed by atoms with Crippen molar-refractivity contribution in [3.8, 4) is 0 Å². The molecule has 0 rings (SSSR count). The van der Waals surface area contributed by atoms with Crippen LogP contribution in [0.25, 0.3) is 0 Å². The van der Waals surface area contributed by atoms with Crippen LogP contribution in [0.5, 0.6) is 0 Å². The van der Waals surface area contributed by atoms with Crippen molar-refractivity contribution in [2.24, 2.45) is 0 Å². The maximum atomic E-state index is 11.1. The molecule has 0 bridgehead atoms. The van der Waals surface area contributed by atoms with E-state index >= 15 is 0 Å². The predicted octanol–water partition coefficient (Wildman–Crippen LogP) is -6.87. The smallest absolute Gasteiger partial charge is 0.0264 e. The summed E-state index contributed by atoms with van der Waals surface area (Å²) in [6.07, 6.45) is -7.03. The molecule has 20 N–H and O–H groups in total. The molecular formula is C9H38N8O15P5-5. The molecule has 0 aromatic rings. The Morgan fingerprint density at radius 1 is 0.324 bits per heavy atom. The van der Waals surface area contributed by atoms with Gasteiger partial charge >= 0.3 is 0 Å². The highest BCUT2D eigenvalue weighted by Gasteiger charge is 2.16. The molecule has 0 aliphatic carbocycles. The van der Waals surface area contributed by atoms with Gasteiger partial charge in [-0.1, -0.05) is 38.0 Å². The molecule has 0 spiro atoms. The molecule has 0 radical (unpaired) electrons. The Bertz CT molecular complexity index is 734. The number of rotatable bonds is 16. The van der Waals surface area contributed by atoms with Gasteiger partial charge in [-0.2, -0.15) is 0 Å². The van der Waals surface area contributed by atoms with Gasteiger partial charge in [-0.15, -0.1) is 0 Å². The quantitative estimate of drug-likeness (QED) is 0.0966. The van der Waals surface area contributed by atoms with Gasteiger partial charge < -0.3 is 103 Å². The van der Waals surface area contributed by atoms with Crippen molar-refractivity contribution in [2.45, 2.75) is 0 Å². The Labute approximate surface area is 213 Å². The minimum absolute atomic E-state index is 0. The number of hydrogen-bond acceptors (Lipinski definition) is 18. The fraction of sp³-hybridized carbons (Fsp3) is 1.00. The minimum atomic E-state index is -5.37. The van der Waals surface area contributed by atoms with Crippen molar-refractivity contribution in [1.82, 2.24) is 45.5 Å². The topological polar surface area (TPSA) is 508 Å². The zero-order valence-corrected chi connectivity index (χ0v) is 25.5. The average Bonchev–Trinajstić information content (AvgIpc) is 2.41. The van der Waals surface area contributed by atoms with Crippen molar-refractivity contribution >= 4 is 38.0 Å². The highest BCUT2D eigenvalue weighted by atomic mass is 31.2. The second-order valence-electron chi connectivity index (χ2n) is 6.67. The van der Waals surface area contributed by atoms with E-state index in [0.717, 1.165) is 0 Å². The standard InChI is InChI=1S/C9H28N3O15P5.5H3N/c13-28(14,15)5-10(1-3-11(6-29(16,17)18)7-30(19,20)21)2-4-12(8-31(22,23)24)9-32(25,26)27;;;;;/h1-9H2,(H2,13,14,15)(H2,16,17,18)(H2,19,20,21)(H2,22,23,24)(H2,25,26,27);5*1H3/p-5. The Kier molecular flexibility index (Phi) is 26.5. The van der Waals surface area contributed by atoms with Gasteiger partial charge in [-0.25, -0.2) is 0 Å². The second-order valence-corrected chi connectivity index (χ2v) is 14.2. The Hall–Kier alpha value is 0.430. The summed E-state index contributed by atoms with van der Waals surface area (Å²) in [4.78, 5) is 111. The summed E-state index contributed by atoms with van der Waals surface area (Å²) in [5.41, 5.74) is 0. The summed E-state index contributed by atoms with van der Waals surface area (Å²) in [5.74, 6) is 0. The first kappa shape index (κ1) is 50.3. The Morgan fingerprint density at radius 3 is 0.622 bits per heavy atom. The molecule has 234 valence electrons. The molecule has 0 fully saturated rings. The SMILES string of the molecule is O=P([O-])([O-])CN(CCN(CP(=O)([O-])[O-])CP(=O)([O-])[O-])CCN(CP(=O)([O-])[O-])CP(=O)([O-])[O-].[NH4+].[NH4+].[NH4+].[NH4+].[NH4+]. The van der Waals surface area contributed by atoms with Gasteiger partial charge in [-0.05, 0) is 0 Å². The number of nitrogens with zero attached hydrogens (tertiary/aromatic N) is 3. The van der Waals surface area contributed by atoms with E-state index in [9.17, 15) is 71.8 Å². The van der Waals surface area contributed by atoms with Crippen LogP contribution in [0.2, 0.25) is 0 Å². The third-order valence-electron chi connectivity index (χ3n) is 3.33. The highest BCUT2D eigenvalue weighted by Crippen LogP contribution is 2.32. The van der Waals surface area contributed by atoms with Crippen molar-refractivity contribution in [3.05, 3.63) is 0 Å². The first-order chi connectivity index (χ1) is 13.9. The van der Waals surface area contributed by atoms with Crippen LogP contribution in [-0.4, -0.2) is 72.3 Å². The third kappa shape index (κ3) is 34.4. The predicted molar refractivity (Wildman–Crippen MR) is 117 cm³/mol. The Morgan fingerprint density at radius 2 is 0.459 bits per heavy atom. The maximum absolute atomic E-state index is 11.1. The fourth-order valence-corrected chi connectivity index (χ4v) is 6.43. The van der Waals surface area contributed by atoms with Crippen LogP contribution < -0.4 is 79.7 Å². The maximum Gasteiger partial charge on any atom is 0.0264 e. The zero-order valence-electron chi connectivity index (χ0n) is 21.1. The Balaban J connectivity index is -0.000000480. The fourth-order valence-electron chi connectivity index (χ4n) is 2.42. The molecule has 0 atom stereocenters. The van der Waals surface area contributed by atoms with Crippen LogP contribution in [-0.2, 0) is 22.8 Å². The van der Waals surface area contributed by atoms with E-state index in [1.54, 1.807) is 0 Å². The van der Waals surface area contributed by atoms with Crippen LogP contribution in [0.15, 0.2) is 0 Å². The summed E-state index contributed by atoms with van der Waals surface area (Å²) in [6.45, 7) is -2.82. The zero-order chi connectivity index (χ0) is 25.6. The summed E-state index contributed by atoms with van der Waals surface area (Å²) in [5, 5.41) is 0. The van der Waals surface area contributed by atoms with Crippen LogP contribution >= 0.6 is 38.0 Å². The number of quaternary nitrogens is 5. The molecule has 23 nitrogen and oxygen atoms in total. The van der Waals surface area contributed by atoms with E-state index in [1.807, 2.05) is 0 Å². The largest absolute Gasteiger partial charge is 0.810 e. The lowest BCUT2D eigenvalue weighted by Crippen LogP contribution is -2.45. The first-order valence-electron chi connectivity index (χ1n) is 8.17. The monoisotopic (exact) mass is 653 g/mol. The van der Waals surface area contributed by atoms with Crippen LogP contribution in [0.3, 0.4) is 0 Å². The lowest BCUT2D eigenvalue weighted by molar-refractivity contribution is -0.321. The summed E-state index contributed by atoms with van der Waals surface area (Å²) < 4.78 is 54.6. The van der Waals surface area contributed by atoms with Crippen LogP contribution in [0, 0.1) is 0 Å². The normalized spacial score (nSPS) is 12.7. The van der Waals surface area contributed by atoms with Crippen LogP contribution in [0.4, 0.5) is 0 Å². The van der Waals surface area contributed by atoms with Crippen LogP contribution in [0.1, 0.15) is 0 Å². The molecule has 0 aliphatic rings. The summed E-state index contributed by atoms with van der Waals surface area (Å²) >= 11 is 0. The first-order valence-corrected chi connectivity index (χ1v) is 16.8. The van der Waals surface area contributed by atoms with E-state index in [0.29, 0.717) is 14.7 Å². The molecule has 0 unspecified atom stereocenters. The summed E-state index contributed by atoms with van der Waals surface area (Å²) in [7, 11) is -26.8. The van der Waals surface area contributed by atoms with Crippen molar-refractivity contribution in [3.63, 3.8) is 0 Å². The number of hydrogen-bond donors (Lipinski definition) is 5. The van der Waals surface area contributed by atoms with Gasteiger partial charge in [-0.3, -0.25) is 14.7 Å². The molecule has 37 heavy (non-hydrogen) atoms. The van der Waals surface area contributed by atoms with E-state index in [-0.39, 0.29) is 30.8 Å². The molecule has 0 saturated carbocycles. The van der Waals surface area contributed by atoms with Crippen molar-refractivity contribution in [1.29, 1.82) is 0 Å². The molecule has 0 aromatic heterocycles. The molecule has 0 heterocycles. The van der Waals surface area contributed by atoms with Gasteiger partial charge in [0.1, 0.15) is 0 Å². The van der Waals surface area contributed by atoms with Gasteiger partial charge in [0.15, 0.2) is 0 Å². The van der Waals surface area contributed by atoms with Crippen molar-refractivity contribution in [2.75, 3.05) is 57.6 Å². The van der Waals surface area contributed by atoms with E-state index < -0.39 is 95.6 Å². The van der Waals surface area contributed by atoms with Gasteiger partial charge in [0, 0.05) is 57.6 Å². The van der Waals surface area contributed by atoms with E-state index in [2.05, 4.69) is 0 Å². The minimum Gasteiger partial charge on any atom is -0.810 e. The summed E-state index contributed by atoms with van der Waals surface area (Å²) in [6, 6.07) is 0. The van der Waals surface area contributed by atoms with E-state index in [4.69, 9.17) is 0 Å². The highest BCUT2D eigenvalue weighted by molar-refractivity contribution is 7.50. The average molecular weight is 653 g/mol. The van der Waals surface area contributed by atoms with Crippen molar-refractivity contribution < 1.29 is 71.8 Å². The van der Waals surface area contributed by atoms with E-state index in [1.165, 1.54) is 0 Å². The third-order valence-corrected chi connectivity index (χ3v) is 7.06. The molecule has 0 saturated heterocycles. The molecule has 0 aromatic carbocycles. The molecule has 28 heteroatoms. The lowest BCUT2D eigenvalue weighted by Gasteiger charge is -2.43. The molecule has 0 aliphatic heterocycles. The lowest BCUT2D eigenvalue weighted by atomic mass is 10.4. The van der Waals surface area contributed by atoms with Gasteiger partial charge in [0.2, 0.25) is 0 Å². The molecule has 0 amide bonds. The second kappa shape index (κ2) is 19.5.